The topological polar surface area (TPSA) is 82.0 Å². The monoisotopic (exact) mass is 269 g/mol. The molecule has 0 bridgehead atoms. The molecule has 2 atom stereocenters. The Morgan fingerprint density at radius 2 is 2.06 bits per heavy atom. The zero-order valence-corrected chi connectivity index (χ0v) is 11.2. The van der Waals surface area contributed by atoms with Crippen LogP contribution in [-0.4, -0.2) is 17.1 Å². The predicted molar refractivity (Wildman–Crippen MR) is 67.3 cm³/mol. The van der Waals surface area contributed by atoms with Gasteiger partial charge in [-0.25, -0.2) is 4.79 Å². The normalized spacial score (nSPS) is 13.4. The summed E-state index contributed by atoms with van der Waals surface area (Å²) < 4.78 is 8.75. The number of aliphatic carboxylic acids is 1. The van der Waals surface area contributed by atoms with Crippen LogP contribution in [0.2, 0.25) is 0 Å². The van der Waals surface area contributed by atoms with Crippen LogP contribution in [0.4, 0.5) is 0 Å². The molecule has 0 amide bonds. The minimum atomic E-state index is -2.37. The van der Waals surface area contributed by atoms with Gasteiger partial charge < -0.3 is 10.00 Å². The van der Waals surface area contributed by atoms with Crippen LogP contribution in [0.25, 0.3) is 0 Å². The fourth-order valence-electron chi connectivity index (χ4n) is 1.35. The van der Waals surface area contributed by atoms with E-state index < -0.39 is 20.2 Å². The molecule has 0 heterocycles. The van der Waals surface area contributed by atoms with Crippen molar-refractivity contribution in [2.75, 3.05) is 0 Å². The van der Waals surface area contributed by atoms with Crippen LogP contribution in [0.5, 0.6) is 5.75 Å². The van der Waals surface area contributed by atoms with Crippen molar-refractivity contribution < 1.29 is 19.3 Å². The van der Waals surface area contributed by atoms with E-state index in [9.17, 15) is 9.69 Å². The molecule has 0 spiro atoms. The third-order valence-corrected chi connectivity index (χ3v) is 2.97. The molecule has 5 nitrogen and oxygen atoms in total. The molecule has 0 aliphatic rings. The van der Waals surface area contributed by atoms with Gasteiger partial charge in [-0.1, -0.05) is 36.8 Å². The highest BCUT2D eigenvalue weighted by Crippen LogP contribution is 2.25. The van der Waals surface area contributed by atoms with E-state index in [1.807, 2.05) is 13.8 Å². The van der Waals surface area contributed by atoms with Crippen LogP contribution in [0, 0.1) is 5.92 Å². The van der Waals surface area contributed by atoms with Crippen LogP contribution in [0.1, 0.15) is 20.3 Å². The van der Waals surface area contributed by atoms with E-state index in [2.05, 4.69) is 4.74 Å². The third kappa shape index (κ3) is 5.25. The summed E-state index contributed by atoms with van der Waals surface area (Å²) in [5.74, 6) is -0.505. The van der Waals surface area contributed by atoms with Crippen molar-refractivity contribution in [1.82, 2.24) is 0 Å². The molecular formula is C12H16NO4P. The van der Waals surface area contributed by atoms with E-state index in [0.717, 1.165) is 0 Å². The molecular weight excluding hydrogens is 253 g/mol. The van der Waals surface area contributed by atoms with Crippen molar-refractivity contribution in [2.24, 2.45) is 10.7 Å². The number of hydrogen-bond donors (Lipinski definition) is 1. The largest absolute Gasteiger partial charge is 0.575 e. The van der Waals surface area contributed by atoms with Gasteiger partial charge in [-0.3, -0.25) is 4.52 Å². The quantitative estimate of drug-likeness (QED) is 0.804. The number of carbonyl (C=O) groups is 1. The first-order valence-corrected chi connectivity index (χ1v) is 6.76. The Morgan fingerprint density at radius 3 is 2.56 bits per heavy atom. The maximum absolute atomic E-state index is 11.6. The first-order chi connectivity index (χ1) is 8.49. The minimum Gasteiger partial charge on any atom is -0.575 e. The summed E-state index contributed by atoms with van der Waals surface area (Å²) in [6, 6.07) is 7.57. The second-order valence-corrected chi connectivity index (χ2v) is 5.13. The summed E-state index contributed by atoms with van der Waals surface area (Å²) in [5, 5.41) is 8.96. The Bertz CT molecular complexity index is 419. The van der Waals surface area contributed by atoms with Crippen LogP contribution in [0.15, 0.2) is 35.1 Å². The molecule has 0 aliphatic heterocycles. The molecule has 0 radical (unpaired) electrons. The highest BCUT2D eigenvalue weighted by atomic mass is 31.1. The van der Waals surface area contributed by atoms with Gasteiger partial charge in [0.05, 0.1) is 0 Å². The molecule has 0 fully saturated rings. The van der Waals surface area contributed by atoms with E-state index in [4.69, 9.17) is 9.63 Å². The summed E-state index contributed by atoms with van der Waals surface area (Å²) in [6.45, 7) is 3.77. The lowest BCUT2D eigenvalue weighted by Gasteiger charge is -2.07. The Hall–Kier alpha value is -1.45. The van der Waals surface area contributed by atoms with E-state index in [0.29, 0.717) is 12.2 Å². The lowest BCUT2D eigenvalue weighted by molar-refractivity contribution is -0.169. The second kappa shape index (κ2) is 7.09. The molecule has 1 N–H and O–H groups in total. The predicted octanol–water partition coefficient (Wildman–Crippen LogP) is 2.42. The molecule has 1 rings (SSSR count). The fraction of sp³-hybridized carbons (Fsp3) is 0.417. The number of para-hydroxylation sites is 1. The maximum Gasteiger partial charge on any atom is 0.395 e. The van der Waals surface area contributed by atoms with Gasteiger partial charge in [0.25, 0.3) is 0 Å². The minimum absolute atomic E-state index is 0.162. The first-order valence-electron chi connectivity index (χ1n) is 5.63. The highest BCUT2D eigenvalue weighted by Gasteiger charge is 2.22. The molecule has 1 aromatic rings. The van der Waals surface area contributed by atoms with Gasteiger partial charge in [0, 0.05) is 0 Å². The Morgan fingerprint density at radius 1 is 1.44 bits per heavy atom. The SMILES string of the molecule is CC(C)CC(/N=[P+](\[O-])Oc1ccccc1)C(=O)O. The molecule has 18 heavy (non-hydrogen) atoms. The van der Waals surface area contributed by atoms with E-state index >= 15 is 0 Å². The van der Waals surface area contributed by atoms with Crippen molar-refractivity contribution in [3.8, 4) is 5.75 Å². The van der Waals surface area contributed by atoms with Crippen molar-refractivity contribution in [2.45, 2.75) is 26.3 Å². The fourth-order valence-corrected chi connectivity index (χ4v) is 2.12. The number of benzene rings is 1. The smallest absolute Gasteiger partial charge is 0.395 e. The molecule has 0 aliphatic carbocycles. The van der Waals surface area contributed by atoms with Crippen molar-refractivity contribution in [1.29, 1.82) is 0 Å². The van der Waals surface area contributed by atoms with Gasteiger partial charge >= 0.3 is 14.1 Å². The van der Waals surface area contributed by atoms with Gasteiger partial charge in [-0.05, 0) is 24.5 Å². The average Bonchev–Trinajstić information content (AvgIpc) is 2.28. The second-order valence-electron chi connectivity index (χ2n) is 4.24. The van der Waals surface area contributed by atoms with E-state index in [1.165, 1.54) is 0 Å². The summed E-state index contributed by atoms with van der Waals surface area (Å²) in [6.07, 6.45) is 0.342. The van der Waals surface area contributed by atoms with E-state index in [1.54, 1.807) is 30.3 Å². The molecule has 0 saturated carbocycles. The van der Waals surface area contributed by atoms with Crippen LogP contribution in [-0.2, 0) is 4.79 Å². The molecule has 2 unspecified atom stereocenters. The maximum atomic E-state index is 11.6. The number of carboxylic acid groups (broad SMARTS) is 1. The Kier molecular flexibility index (Phi) is 5.75. The molecule has 98 valence electrons. The van der Waals surface area contributed by atoms with Crippen LogP contribution < -0.4 is 9.42 Å². The lowest BCUT2D eigenvalue weighted by atomic mass is 10.1. The number of rotatable bonds is 6. The van der Waals surface area contributed by atoms with Gasteiger partial charge in [-0.15, -0.1) is 0 Å². The van der Waals surface area contributed by atoms with Crippen molar-refractivity contribution >= 4 is 14.1 Å². The van der Waals surface area contributed by atoms with Crippen LogP contribution >= 0.6 is 8.17 Å². The Balaban J connectivity index is 2.70. The highest BCUT2D eigenvalue weighted by molar-refractivity contribution is 7.34. The average molecular weight is 269 g/mol. The number of hydrogen-bond acceptors (Lipinski definition) is 4. The third-order valence-electron chi connectivity index (χ3n) is 2.14. The number of carboxylic acids is 1. The zero-order valence-electron chi connectivity index (χ0n) is 10.3. The molecule has 0 aromatic heterocycles. The zero-order chi connectivity index (χ0) is 13.5. The molecule has 0 saturated heterocycles. The number of nitrogens with zero attached hydrogens (tertiary/aromatic N) is 1. The molecule has 1 aromatic carbocycles. The van der Waals surface area contributed by atoms with Crippen molar-refractivity contribution in [3.05, 3.63) is 30.3 Å². The van der Waals surface area contributed by atoms with Crippen LogP contribution in [0.3, 0.4) is 0 Å². The van der Waals surface area contributed by atoms with Gasteiger partial charge in [0.2, 0.25) is 0 Å². The first kappa shape index (κ1) is 14.6. The standard InChI is InChI=1S/C12H16NO4P/c1-9(2)8-11(12(14)15)13-18(16)17-10-6-4-3-5-7-10/h3-7,9,11H,8H2,1-2H3,(H,14,15). The summed E-state index contributed by atoms with van der Waals surface area (Å²) in [5.41, 5.74) is 0. The van der Waals surface area contributed by atoms with Gasteiger partial charge in [0.1, 0.15) is 0 Å². The summed E-state index contributed by atoms with van der Waals surface area (Å²) in [7, 11) is -2.37. The molecule has 6 heteroatoms. The van der Waals surface area contributed by atoms with Gasteiger partial charge in [-0.2, -0.15) is 0 Å². The van der Waals surface area contributed by atoms with Gasteiger partial charge in [0.15, 0.2) is 11.8 Å². The summed E-state index contributed by atoms with van der Waals surface area (Å²) >= 11 is 0. The van der Waals surface area contributed by atoms with E-state index in [-0.39, 0.29) is 5.92 Å². The summed E-state index contributed by atoms with van der Waals surface area (Å²) in [4.78, 5) is 22.5. The Labute approximate surface area is 107 Å². The lowest BCUT2D eigenvalue weighted by Crippen LogP contribution is -2.20. The van der Waals surface area contributed by atoms with Crippen molar-refractivity contribution in [3.63, 3.8) is 0 Å².